The quantitative estimate of drug-likeness (QED) is 0.751. The second kappa shape index (κ2) is 8.98. The van der Waals surface area contributed by atoms with E-state index in [1.807, 2.05) is 6.07 Å². The van der Waals surface area contributed by atoms with Crippen molar-refractivity contribution in [3.63, 3.8) is 0 Å². The van der Waals surface area contributed by atoms with Crippen LogP contribution in [0.5, 0.6) is 5.75 Å². The number of phenolic OH excluding ortho intramolecular Hbond substituents is 1. The molecule has 0 bridgehead atoms. The third-order valence-corrected chi connectivity index (χ3v) is 3.92. The van der Waals surface area contributed by atoms with Crippen LogP contribution in [0.25, 0.3) is 0 Å². The van der Waals surface area contributed by atoms with E-state index in [1.54, 1.807) is 6.07 Å². The minimum absolute atomic E-state index is 0.415. The Morgan fingerprint density at radius 3 is 2.15 bits per heavy atom. The molecule has 0 amide bonds. The highest BCUT2D eigenvalue weighted by Gasteiger charge is 2.08. The summed E-state index contributed by atoms with van der Waals surface area (Å²) in [7, 11) is 0. The van der Waals surface area contributed by atoms with Gasteiger partial charge in [-0.3, -0.25) is 4.90 Å². The van der Waals surface area contributed by atoms with Crippen LogP contribution in [0.4, 0.5) is 0 Å². The van der Waals surface area contributed by atoms with Crippen molar-refractivity contribution in [1.82, 2.24) is 9.80 Å². The maximum Gasteiger partial charge on any atom is 0.120 e. The second-order valence-corrected chi connectivity index (χ2v) is 5.38. The molecule has 0 radical (unpaired) electrons. The maximum absolute atomic E-state index is 9.93. The van der Waals surface area contributed by atoms with Crippen LogP contribution < -0.4 is 0 Å². The van der Waals surface area contributed by atoms with Crippen LogP contribution in [-0.4, -0.2) is 47.6 Å². The second-order valence-electron chi connectivity index (χ2n) is 5.38. The van der Waals surface area contributed by atoms with Crippen molar-refractivity contribution >= 4 is 0 Å². The number of aryl methyl sites for hydroxylation is 1. The lowest BCUT2D eigenvalue weighted by molar-refractivity contribution is 0.236. The average molecular weight is 278 g/mol. The van der Waals surface area contributed by atoms with Crippen molar-refractivity contribution in [3.8, 4) is 5.75 Å². The Labute approximate surface area is 124 Å². The summed E-state index contributed by atoms with van der Waals surface area (Å²) in [6, 6.07) is 5.84. The molecule has 0 aliphatic heterocycles. The molecule has 0 saturated heterocycles. The zero-order valence-electron chi connectivity index (χ0n) is 13.5. The molecule has 1 N–H and O–H groups in total. The molecule has 0 saturated carbocycles. The Morgan fingerprint density at radius 2 is 1.55 bits per heavy atom. The van der Waals surface area contributed by atoms with E-state index in [-0.39, 0.29) is 0 Å². The average Bonchev–Trinajstić information content (AvgIpc) is 2.46. The number of hydrogen-bond acceptors (Lipinski definition) is 3. The van der Waals surface area contributed by atoms with Crippen molar-refractivity contribution in [2.75, 3.05) is 32.7 Å². The molecule has 1 rings (SSSR count). The summed E-state index contributed by atoms with van der Waals surface area (Å²) in [4.78, 5) is 4.86. The molecule has 0 atom stereocenters. The zero-order chi connectivity index (χ0) is 15.0. The monoisotopic (exact) mass is 278 g/mol. The van der Waals surface area contributed by atoms with E-state index < -0.39 is 0 Å². The third-order valence-electron chi connectivity index (χ3n) is 3.92. The molecule has 1 aromatic carbocycles. The summed E-state index contributed by atoms with van der Waals surface area (Å²) >= 11 is 0. The highest BCUT2D eigenvalue weighted by Crippen LogP contribution is 2.20. The summed E-state index contributed by atoms with van der Waals surface area (Å²) in [6.07, 6.45) is 1.18. The van der Waals surface area contributed by atoms with Crippen molar-refractivity contribution in [2.24, 2.45) is 0 Å². The van der Waals surface area contributed by atoms with E-state index >= 15 is 0 Å². The topological polar surface area (TPSA) is 26.7 Å². The maximum atomic E-state index is 9.93. The van der Waals surface area contributed by atoms with Crippen LogP contribution in [0.3, 0.4) is 0 Å². The highest BCUT2D eigenvalue weighted by molar-refractivity contribution is 5.35. The summed E-state index contributed by atoms with van der Waals surface area (Å²) in [5.74, 6) is 0.415. The number of hydrogen-bond donors (Lipinski definition) is 1. The predicted octanol–water partition coefficient (Wildman–Crippen LogP) is 3.25. The van der Waals surface area contributed by atoms with Crippen LogP contribution >= 0.6 is 0 Å². The summed E-state index contributed by atoms with van der Waals surface area (Å²) in [6.45, 7) is 15.0. The Kier molecular flexibility index (Phi) is 7.63. The van der Waals surface area contributed by atoms with E-state index in [4.69, 9.17) is 0 Å². The number of benzene rings is 1. The van der Waals surface area contributed by atoms with Gasteiger partial charge in [0.25, 0.3) is 0 Å². The van der Waals surface area contributed by atoms with Crippen LogP contribution in [0.2, 0.25) is 0 Å². The zero-order valence-corrected chi connectivity index (χ0v) is 13.5. The molecular formula is C17H30N2O. The molecule has 3 heteroatoms. The molecule has 0 aliphatic rings. The van der Waals surface area contributed by atoms with Gasteiger partial charge < -0.3 is 10.0 Å². The van der Waals surface area contributed by atoms with E-state index in [9.17, 15) is 5.11 Å². The van der Waals surface area contributed by atoms with Gasteiger partial charge in [0.2, 0.25) is 0 Å². The highest BCUT2D eigenvalue weighted by atomic mass is 16.3. The van der Waals surface area contributed by atoms with Crippen LogP contribution in [0, 0.1) is 6.92 Å². The number of nitrogens with zero attached hydrogens (tertiary/aromatic N) is 2. The van der Waals surface area contributed by atoms with Gasteiger partial charge in [0.15, 0.2) is 0 Å². The molecule has 0 aliphatic carbocycles. The summed E-state index contributed by atoms with van der Waals surface area (Å²) < 4.78 is 0. The van der Waals surface area contributed by atoms with Gasteiger partial charge in [-0.15, -0.1) is 0 Å². The van der Waals surface area contributed by atoms with Gasteiger partial charge in [0, 0.05) is 12.1 Å². The first-order valence-corrected chi connectivity index (χ1v) is 7.83. The van der Waals surface area contributed by atoms with E-state index in [0.29, 0.717) is 5.75 Å². The molecule has 0 heterocycles. The van der Waals surface area contributed by atoms with Gasteiger partial charge >= 0.3 is 0 Å². The lowest BCUT2D eigenvalue weighted by Gasteiger charge is -2.23. The van der Waals surface area contributed by atoms with Crippen LogP contribution in [0.15, 0.2) is 18.2 Å². The molecule has 114 valence electrons. The Hall–Kier alpha value is -1.06. The lowest BCUT2D eigenvalue weighted by atomic mass is 10.1. The van der Waals surface area contributed by atoms with E-state index in [2.05, 4.69) is 43.6 Å². The fraction of sp³-hybridized carbons (Fsp3) is 0.647. The third kappa shape index (κ3) is 5.51. The standard InChI is InChI=1S/C17H30N2O/c1-5-18(6-2)11-8-12-19(7-3)14-16-13-15(4)9-10-17(16)20/h9-10,13,20H,5-8,11-12,14H2,1-4H3. The normalized spacial score (nSPS) is 11.5. The number of phenols is 1. The number of rotatable bonds is 9. The first kappa shape index (κ1) is 17.0. The number of aromatic hydroxyl groups is 1. The van der Waals surface area contributed by atoms with Gasteiger partial charge in [0.05, 0.1) is 0 Å². The molecule has 0 unspecified atom stereocenters. The summed E-state index contributed by atoms with van der Waals surface area (Å²) in [5, 5.41) is 9.93. The SMILES string of the molecule is CCN(CC)CCCN(CC)Cc1cc(C)ccc1O. The van der Waals surface area contributed by atoms with Crippen molar-refractivity contribution in [3.05, 3.63) is 29.3 Å². The van der Waals surface area contributed by atoms with E-state index in [0.717, 1.165) is 44.8 Å². The van der Waals surface area contributed by atoms with Crippen LogP contribution in [0.1, 0.15) is 38.3 Å². The largest absolute Gasteiger partial charge is 0.508 e. The minimum Gasteiger partial charge on any atom is -0.508 e. The van der Waals surface area contributed by atoms with Crippen LogP contribution in [-0.2, 0) is 6.54 Å². The summed E-state index contributed by atoms with van der Waals surface area (Å²) in [5.41, 5.74) is 2.24. The fourth-order valence-electron chi connectivity index (χ4n) is 2.49. The van der Waals surface area contributed by atoms with Crippen molar-refractivity contribution in [2.45, 2.75) is 40.7 Å². The Balaban J connectivity index is 2.48. The van der Waals surface area contributed by atoms with E-state index in [1.165, 1.54) is 12.0 Å². The van der Waals surface area contributed by atoms with Gasteiger partial charge in [0.1, 0.15) is 5.75 Å². The predicted molar refractivity (Wildman–Crippen MR) is 86.2 cm³/mol. The van der Waals surface area contributed by atoms with Gasteiger partial charge in [-0.2, -0.15) is 0 Å². The molecule has 0 spiro atoms. The molecule has 1 aromatic rings. The lowest BCUT2D eigenvalue weighted by Crippen LogP contribution is -2.29. The smallest absolute Gasteiger partial charge is 0.120 e. The first-order chi connectivity index (χ1) is 9.60. The van der Waals surface area contributed by atoms with Gasteiger partial charge in [-0.05, 0) is 52.1 Å². The molecule has 20 heavy (non-hydrogen) atoms. The van der Waals surface area contributed by atoms with Crippen molar-refractivity contribution in [1.29, 1.82) is 0 Å². The van der Waals surface area contributed by atoms with Gasteiger partial charge in [-0.25, -0.2) is 0 Å². The molecule has 3 nitrogen and oxygen atoms in total. The Bertz CT molecular complexity index is 389. The molecule has 0 fully saturated rings. The first-order valence-electron chi connectivity index (χ1n) is 7.83. The Morgan fingerprint density at radius 1 is 0.950 bits per heavy atom. The molecule has 0 aromatic heterocycles. The fourth-order valence-corrected chi connectivity index (χ4v) is 2.49. The van der Waals surface area contributed by atoms with Crippen molar-refractivity contribution < 1.29 is 5.11 Å². The minimum atomic E-state index is 0.415. The van der Waals surface area contributed by atoms with Gasteiger partial charge in [-0.1, -0.05) is 38.5 Å². The molecular weight excluding hydrogens is 248 g/mol.